The lowest BCUT2D eigenvalue weighted by Crippen LogP contribution is -2.44. The van der Waals surface area contributed by atoms with Gasteiger partial charge in [0.1, 0.15) is 0 Å². The van der Waals surface area contributed by atoms with E-state index in [1.54, 1.807) is 0 Å². The molecular weight excluding hydrogens is 216 g/mol. The van der Waals surface area contributed by atoms with E-state index in [4.69, 9.17) is 4.74 Å². The van der Waals surface area contributed by atoms with E-state index in [0.29, 0.717) is 11.8 Å². The van der Waals surface area contributed by atoms with Crippen molar-refractivity contribution in [2.75, 3.05) is 32.8 Å². The first-order valence-corrected chi connectivity index (χ1v) is 6.74. The first-order valence-electron chi connectivity index (χ1n) is 6.74. The van der Waals surface area contributed by atoms with Crippen LogP contribution in [0.15, 0.2) is 0 Å². The summed E-state index contributed by atoms with van der Waals surface area (Å²) in [4.78, 5) is 13.9. The zero-order valence-electron chi connectivity index (χ0n) is 11.4. The van der Waals surface area contributed by atoms with Gasteiger partial charge in [-0.25, -0.2) is 4.79 Å². The standard InChI is InChI=1S/C13H26N2O2/c1-4-6-15(9-12-5-7-17-10-12)13(16)14-8-11(2)3/h11-12H,4-10H2,1-3H3,(H,14,16). The molecule has 2 amide bonds. The van der Waals surface area contributed by atoms with Gasteiger partial charge in [0, 0.05) is 32.2 Å². The zero-order valence-corrected chi connectivity index (χ0v) is 11.4. The maximum absolute atomic E-state index is 12.0. The van der Waals surface area contributed by atoms with E-state index >= 15 is 0 Å². The molecule has 4 heteroatoms. The Kier molecular flexibility index (Phi) is 6.34. The Morgan fingerprint density at radius 1 is 1.53 bits per heavy atom. The lowest BCUT2D eigenvalue weighted by atomic mass is 10.1. The lowest BCUT2D eigenvalue weighted by molar-refractivity contribution is 0.164. The number of nitrogens with zero attached hydrogens (tertiary/aromatic N) is 1. The summed E-state index contributed by atoms with van der Waals surface area (Å²) in [6, 6.07) is 0.0763. The molecule has 0 aliphatic carbocycles. The highest BCUT2D eigenvalue weighted by Crippen LogP contribution is 2.14. The van der Waals surface area contributed by atoms with Gasteiger partial charge in [0.25, 0.3) is 0 Å². The van der Waals surface area contributed by atoms with Crippen molar-refractivity contribution in [2.24, 2.45) is 11.8 Å². The summed E-state index contributed by atoms with van der Waals surface area (Å²) >= 11 is 0. The second-order valence-electron chi connectivity index (χ2n) is 5.26. The Labute approximate surface area is 105 Å². The molecule has 17 heavy (non-hydrogen) atoms. The summed E-state index contributed by atoms with van der Waals surface area (Å²) in [7, 11) is 0. The van der Waals surface area contributed by atoms with Crippen LogP contribution >= 0.6 is 0 Å². The molecule has 1 atom stereocenters. The van der Waals surface area contributed by atoms with Gasteiger partial charge in [-0.2, -0.15) is 0 Å². The number of hydrogen-bond acceptors (Lipinski definition) is 2. The van der Waals surface area contributed by atoms with Crippen molar-refractivity contribution >= 4 is 6.03 Å². The van der Waals surface area contributed by atoms with Crippen LogP contribution in [0.5, 0.6) is 0 Å². The average Bonchev–Trinajstić information content (AvgIpc) is 2.78. The third-order valence-electron chi connectivity index (χ3n) is 2.94. The van der Waals surface area contributed by atoms with Crippen LogP contribution in [0.3, 0.4) is 0 Å². The minimum Gasteiger partial charge on any atom is -0.381 e. The normalized spacial score (nSPS) is 19.6. The van der Waals surface area contributed by atoms with Crippen molar-refractivity contribution in [3.63, 3.8) is 0 Å². The van der Waals surface area contributed by atoms with Gasteiger partial charge in [0.15, 0.2) is 0 Å². The van der Waals surface area contributed by atoms with Gasteiger partial charge in [-0.05, 0) is 18.8 Å². The van der Waals surface area contributed by atoms with E-state index < -0.39 is 0 Å². The fraction of sp³-hybridized carbons (Fsp3) is 0.923. The minimum atomic E-state index is 0.0763. The van der Waals surface area contributed by atoms with Crippen LogP contribution < -0.4 is 5.32 Å². The van der Waals surface area contributed by atoms with Gasteiger partial charge < -0.3 is 15.0 Å². The van der Waals surface area contributed by atoms with Crippen molar-refractivity contribution in [1.29, 1.82) is 0 Å². The molecule has 0 bridgehead atoms. The molecular formula is C13H26N2O2. The third kappa shape index (κ3) is 5.39. The van der Waals surface area contributed by atoms with E-state index in [0.717, 1.165) is 45.7 Å². The van der Waals surface area contributed by atoms with Gasteiger partial charge in [-0.15, -0.1) is 0 Å². The Hall–Kier alpha value is -0.770. The summed E-state index contributed by atoms with van der Waals surface area (Å²) in [5, 5.41) is 2.99. The molecule has 1 rings (SSSR count). The van der Waals surface area contributed by atoms with Crippen molar-refractivity contribution < 1.29 is 9.53 Å². The topological polar surface area (TPSA) is 41.6 Å². The highest BCUT2D eigenvalue weighted by Gasteiger charge is 2.21. The molecule has 1 unspecified atom stereocenters. The van der Waals surface area contributed by atoms with Crippen molar-refractivity contribution in [3.8, 4) is 0 Å². The molecule has 1 saturated heterocycles. The number of rotatable bonds is 6. The second kappa shape index (κ2) is 7.54. The van der Waals surface area contributed by atoms with E-state index in [9.17, 15) is 4.79 Å². The van der Waals surface area contributed by atoms with Crippen LogP contribution in [0.4, 0.5) is 4.79 Å². The summed E-state index contributed by atoms with van der Waals surface area (Å²) in [5.74, 6) is 1.02. The molecule has 1 heterocycles. The predicted octanol–water partition coefficient (Wildman–Crippen LogP) is 2.10. The Morgan fingerprint density at radius 3 is 2.82 bits per heavy atom. The number of carbonyl (C=O) groups is 1. The van der Waals surface area contributed by atoms with Gasteiger partial charge in [0.05, 0.1) is 6.61 Å². The molecule has 1 N–H and O–H groups in total. The summed E-state index contributed by atoms with van der Waals surface area (Å²) in [6.45, 7) is 10.4. The number of amides is 2. The van der Waals surface area contributed by atoms with E-state index in [2.05, 4.69) is 26.1 Å². The highest BCUT2D eigenvalue weighted by molar-refractivity contribution is 5.74. The van der Waals surface area contributed by atoms with Crippen molar-refractivity contribution in [3.05, 3.63) is 0 Å². The molecule has 0 aromatic heterocycles. The molecule has 100 valence electrons. The quantitative estimate of drug-likeness (QED) is 0.775. The predicted molar refractivity (Wildman–Crippen MR) is 69.0 cm³/mol. The molecule has 0 saturated carbocycles. The lowest BCUT2D eigenvalue weighted by Gasteiger charge is -2.25. The molecule has 0 aromatic carbocycles. The van der Waals surface area contributed by atoms with Gasteiger partial charge in [-0.1, -0.05) is 20.8 Å². The Bertz CT molecular complexity index is 225. The highest BCUT2D eigenvalue weighted by atomic mass is 16.5. The molecule has 0 spiro atoms. The number of carbonyl (C=O) groups excluding carboxylic acids is 1. The van der Waals surface area contributed by atoms with E-state index in [1.165, 1.54) is 0 Å². The summed E-state index contributed by atoms with van der Waals surface area (Å²) in [5.41, 5.74) is 0. The molecule has 1 fully saturated rings. The molecule has 4 nitrogen and oxygen atoms in total. The fourth-order valence-electron chi connectivity index (χ4n) is 1.99. The maximum atomic E-state index is 12.0. The Balaban J connectivity index is 2.37. The van der Waals surface area contributed by atoms with Crippen molar-refractivity contribution in [1.82, 2.24) is 10.2 Å². The molecule has 1 aliphatic rings. The number of hydrogen-bond donors (Lipinski definition) is 1. The second-order valence-corrected chi connectivity index (χ2v) is 5.26. The van der Waals surface area contributed by atoms with Crippen LogP contribution in [0.25, 0.3) is 0 Å². The summed E-state index contributed by atoms with van der Waals surface area (Å²) < 4.78 is 5.36. The zero-order chi connectivity index (χ0) is 12.7. The number of ether oxygens (including phenoxy) is 1. The van der Waals surface area contributed by atoms with Crippen LogP contribution in [-0.2, 0) is 4.74 Å². The monoisotopic (exact) mass is 242 g/mol. The first-order chi connectivity index (χ1) is 8.13. The fourth-order valence-corrected chi connectivity index (χ4v) is 1.99. The first kappa shape index (κ1) is 14.3. The third-order valence-corrected chi connectivity index (χ3v) is 2.94. The average molecular weight is 242 g/mol. The van der Waals surface area contributed by atoms with E-state index in [-0.39, 0.29) is 6.03 Å². The van der Waals surface area contributed by atoms with Gasteiger partial charge >= 0.3 is 6.03 Å². The van der Waals surface area contributed by atoms with Crippen LogP contribution in [0.1, 0.15) is 33.6 Å². The summed E-state index contributed by atoms with van der Waals surface area (Å²) in [6.07, 6.45) is 2.08. The molecule has 1 aliphatic heterocycles. The van der Waals surface area contributed by atoms with E-state index in [1.807, 2.05) is 4.90 Å². The van der Waals surface area contributed by atoms with Crippen LogP contribution in [-0.4, -0.2) is 43.8 Å². The molecule has 0 aromatic rings. The SMILES string of the molecule is CCCN(CC1CCOC1)C(=O)NCC(C)C. The number of nitrogens with one attached hydrogen (secondary N) is 1. The largest absolute Gasteiger partial charge is 0.381 e. The maximum Gasteiger partial charge on any atom is 0.317 e. The molecule has 0 radical (unpaired) electrons. The minimum absolute atomic E-state index is 0.0763. The van der Waals surface area contributed by atoms with Crippen LogP contribution in [0.2, 0.25) is 0 Å². The van der Waals surface area contributed by atoms with Gasteiger partial charge in [0.2, 0.25) is 0 Å². The van der Waals surface area contributed by atoms with Crippen molar-refractivity contribution in [2.45, 2.75) is 33.6 Å². The Morgan fingerprint density at radius 2 is 2.29 bits per heavy atom. The number of urea groups is 1. The van der Waals surface area contributed by atoms with Gasteiger partial charge in [-0.3, -0.25) is 0 Å². The smallest absolute Gasteiger partial charge is 0.317 e. The van der Waals surface area contributed by atoms with Crippen LogP contribution in [0, 0.1) is 11.8 Å².